The fraction of sp³-hybridized carbons (Fsp3) is 0. The summed E-state index contributed by atoms with van der Waals surface area (Å²) in [4.78, 5) is 10.5. The zero-order valence-corrected chi connectivity index (χ0v) is 41.0. The lowest BCUT2D eigenvalue weighted by molar-refractivity contribution is 1.05. The Kier molecular flexibility index (Phi) is 8.52. The van der Waals surface area contributed by atoms with Crippen LogP contribution in [0.4, 0.5) is 0 Å². The molecular formula is C72H42N4. The van der Waals surface area contributed by atoms with Crippen molar-refractivity contribution in [3.05, 3.63) is 255 Å². The fourth-order valence-corrected chi connectivity index (χ4v) is 13.3. The summed E-state index contributed by atoms with van der Waals surface area (Å²) in [5.74, 6) is 1.78. The zero-order valence-electron chi connectivity index (χ0n) is 41.0. The number of fused-ring (bicyclic) bond motifs is 20. The minimum atomic E-state index is 0.883. The van der Waals surface area contributed by atoms with Gasteiger partial charge in [0.25, 0.3) is 0 Å². The van der Waals surface area contributed by atoms with E-state index in [-0.39, 0.29) is 0 Å². The average molecular weight is 963 g/mol. The van der Waals surface area contributed by atoms with Crippen molar-refractivity contribution >= 4 is 64.9 Å². The standard InChI is InChI=1S/C72H42N4/c1-2-17-43(18-3-1)62-31-16-34-66(74-62)76-42-61-50-23-8-13-28-55(50)70-56-37-35-44(39-59(56)48-21-6-11-26-53(48)72(70)58-30-15-33-64(76)68(58)61)45-36-38-65(73-40-45)75-41-60-49-22-7-12-27-54(49)69-51-24-9-4-19-46(51)47-20-5-10-25-52(47)71(69)57-29-14-32-63(75)67(57)60/h1-42H. The first-order valence-corrected chi connectivity index (χ1v) is 26.1. The largest absolute Gasteiger partial charge is 0.301 e. The van der Waals surface area contributed by atoms with Gasteiger partial charge in [-0.25, -0.2) is 9.97 Å². The van der Waals surface area contributed by atoms with Crippen molar-refractivity contribution in [3.63, 3.8) is 0 Å². The molecule has 17 rings (SSSR count). The number of nitrogens with zero attached hydrogens (tertiary/aromatic N) is 4. The van der Waals surface area contributed by atoms with Crippen LogP contribution in [-0.4, -0.2) is 19.1 Å². The fourth-order valence-electron chi connectivity index (χ4n) is 13.3. The van der Waals surface area contributed by atoms with Gasteiger partial charge >= 0.3 is 0 Å². The molecule has 11 aromatic carbocycles. The highest BCUT2D eigenvalue weighted by Gasteiger charge is 2.30. The summed E-state index contributed by atoms with van der Waals surface area (Å²) in [7, 11) is 0. The summed E-state index contributed by atoms with van der Waals surface area (Å²) in [6, 6.07) is 86.5. The Morgan fingerprint density at radius 3 is 1.28 bits per heavy atom. The summed E-state index contributed by atoms with van der Waals surface area (Å²) in [6.45, 7) is 0. The van der Waals surface area contributed by atoms with E-state index in [0.29, 0.717) is 0 Å². The van der Waals surface area contributed by atoms with Crippen molar-refractivity contribution in [1.29, 1.82) is 0 Å². The van der Waals surface area contributed by atoms with E-state index in [4.69, 9.17) is 9.97 Å². The number of rotatable bonds is 4. The van der Waals surface area contributed by atoms with Gasteiger partial charge in [0.1, 0.15) is 11.6 Å². The highest BCUT2D eigenvalue weighted by molar-refractivity contribution is 6.29. The van der Waals surface area contributed by atoms with Gasteiger partial charge in [0, 0.05) is 51.6 Å². The Hall–Kier alpha value is -10.2. The van der Waals surface area contributed by atoms with E-state index in [2.05, 4.69) is 258 Å². The van der Waals surface area contributed by atoms with Gasteiger partial charge in [-0.3, -0.25) is 0 Å². The molecule has 0 unspecified atom stereocenters. The van der Waals surface area contributed by atoms with Crippen LogP contribution in [0.3, 0.4) is 0 Å². The molecule has 0 saturated heterocycles. The molecule has 350 valence electrons. The van der Waals surface area contributed by atoms with Gasteiger partial charge in [0.2, 0.25) is 0 Å². The second-order valence-corrected chi connectivity index (χ2v) is 20.4. The number of pyridine rings is 2. The Bertz CT molecular complexity index is 4980. The summed E-state index contributed by atoms with van der Waals surface area (Å²) in [5.41, 5.74) is 21.4. The van der Waals surface area contributed by atoms with E-state index in [1.54, 1.807) is 0 Å². The molecule has 2 aliphatic carbocycles. The van der Waals surface area contributed by atoms with Crippen LogP contribution in [0.5, 0.6) is 0 Å². The molecule has 0 amide bonds. The molecule has 0 bridgehead atoms. The maximum atomic E-state index is 5.29. The molecule has 0 aliphatic heterocycles. The van der Waals surface area contributed by atoms with Crippen molar-refractivity contribution in [1.82, 2.24) is 19.1 Å². The second-order valence-electron chi connectivity index (χ2n) is 20.4. The molecule has 4 nitrogen and oxygen atoms in total. The molecule has 4 heteroatoms. The summed E-state index contributed by atoms with van der Waals surface area (Å²) in [5, 5.41) is 12.5. The van der Waals surface area contributed by atoms with Crippen molar-refractivity contribution in [2.75, 3.05) is 0 Å². The summed E-state index contributed by atoms with van der Waals surface area (Å²) >= 11 is 0. The number of aromatic nitrogens is 4. The first-order valence-electron chi connectivity index (χ1n) is 26.1. The van der Waals surface area contributed by atoms with E-state index >= 15 is 0 Å². The molecule has 2 aliphatic rings. The third-order valence-corrected chi connectivity index (χ3v) is 16.5. The van der Waals surface area contributed by atoms with Gasteiger partial charge < -0.3 is 9.13 Å². The third kappa shape index (κ3) is 5.73. The SMILES string of the molecule is c1ccc(-c2cccc(-n3cc4c5c(cccc53)-c3c(c5ccc(-c6ccc(-n7cc8c9c(cccc97)-c7c(c9ccccc9c9ccccc79)-c7ccccc7-8)nc6)cc5c5ccccc35)-c3ccccc3-4)n2)cc1. The molecule has 76 heavy (non-hydrogen) atoms. The molecule has 15 aromatic rings. The van der Waals surface area contributed by atoms with E-state index in [1.807, 2.05) is 6.07 Å². The summed E-state index contributed by atoms with van der Waals surface area (Å²) < 4.78 is 4.58. The Labute approximate surface area is 437 Å². The van der Waals surface area contributed by atoms with Gasteiger partial charge in [0.05, 0.1) is 16.7 Å². The summed E-state index contributed by atoms with van der Waals surface area (Å²) in [6.07, 6.45) is 6.68. The lowest BCUT2D eigenvalue weighted by Gasteiger charge is -2.19. The maximum absolute atomic E-state index is 5.29. The minimum absolute atomic E-state index is 0.883. The Balaban J connectivity index is 0.818. The van der Waals surface area contributed by atoms with Crippen LogP contribution >= 0.6 is 0 Å². The number of benzene rings is 11. The van der Waals surface area contributed by atoms with Gasteiger partial charge in [-0.15, -0.1) is 0 Å². The lowest BCUT2D eigenvalue weighted by Crippen LogP contribution is -1.98. The highest BCUT2D eigenvalue weighted by Crippen LogP contribution is 2.56. The average Bonchev–Trinajstić information content (AvgIpc) is 4.03. The van der Waals surface area contributed by atoms with Crippen molar-refractivity contribution in [2.24, 2.45) is 0 Å². The van der Waals surface area contributed by atoms with Crippen LogP contribution in [-0.2, 0) is 0 Å². The van der Waals surface area contributed by atoms with Gasteiger partial charge in [-0.05, 0) is 147 Å². The van der Waals surface area contributed by atoms with Crippen LogP contribution in [0, 0.1) is 0 Å². The van der Waals surface area contributed by atoms with E-state index in [0.717, 1.165) is 45.1 Å². The maximum Gasteiger partial charge on any atom is 0.137 e. The van der Waals surface area contributed by atoms with E-state index in [1.165, 1.54) is 121 Å². The van der Waals surface area contributed by atoms with Crippen molar-refractivity contribution in [2.45, 2.75) is 0 Å². The topological polar surface area (TPSA) is 35.6 Å². The van der Waals surface area contributed by atoms with Gasteiger partial charge in [0.15, 0.2) is 0 Å². The van der Waals surface area contributed by atoms with Crippen LogP contribution in [0.2, 0.25) is 0 Å². The van der Waals surface area contributed by atoms with E-state index < -0.39 is 0 Å². The molecule has 4 heterocycles. The van der Waals surface area contributed by atoms with Crippen LogP contribution < -0.4 is 0 Å². The monoisotopic (exact) mass is 962 g/mol. The minimum Gasteiger partial charge on any atom is -0.301 e. The van der Waals surface area contributed by atoms with Crippen molar-refractivity contribution < 1.29 is 0 Å². The normalized spacial score (nSPS) is 12.2. The molecule has 0 radical (unpaired) electrons. The zero-order chi connectivity index (χ0) is 49.6. The number of hydrogen-bond acceptors (Lipinski definition) is 2. The van der Waals surface area contributed by atoms with Gasteiger partial charge in [-0.2, -0.15) is 0 Å². The Morgan fingerprint density at radius 2 is 0.711 bits per heavy atom. The molecule has 4 aromatic heterocycles. The lowest BCUT2D eigenvalue weighted by atomic mass is 9.84. The molecule has 0 fully saturated rings. The van der Waals surface area contributed by atoms with Crippen LogP contribution in [0.25, 0.3) is 166 Å². The smallest absolute Gasteiger partial charge is 0.137 e. The first kappa shape index (κ1) is 41.3. The first-order chi connectivity index (χ1) is 37.7. The quantitative estimate of drug-likeness (QED) is 0.165. The predicted molar refractivity (Wildman–Crippen MR) is 316 cm³/mol. The highest BCUT2D eigenvalue weighted by atomic mass is 15.1. The second kappa shape index (κ2) is 15.7. The number of hydrogen-bond donors (Lipinski definition) is 0. The molecule has 0 N–H and O–H groups in total. The predicted octanol–water partition coefficient (Wildman–Crippen LogP) is 18.9. The van der Waals surface area contributed by atoms with Crippen LogP contribution in [0.1, 0.15) is 0 Å². The van der Waals surface area contributed by atoms with Crippen molar-refractivity contribution in [3.8, 4) is 101 Å². The third-order valence-electron chi connectivity index (χ3n) is 16.5. The molecular weight excluding hydrogens is 921 g/mol. The Morgan fingerprint density at radius 1 is 0.263 bits per heavy atom. The van der Waals surface area contributed by atoms with E-state index in [9.17, 15) is 0 Å². The molecule has 0 saturated carbocycles. The molecule has 0 spiro atoms. The van der Waals surface area contributed by atoms with Gasteiger partial charge in [-0.1, -0.05) is 194 Å². The molecule has 0 atom stereocenters. The van der Waals surface area contributed by atoms with Crippen LogP contribution in [0.15, 0.2) is 255 Å².